The van der Waals surface area contributed by atoms with Gasteiger partial charge in [0.1, 0.15) is 5.75 Å². The fourth-order valence-corrected chi connectivity index (χ4v) is 2.23. The quantitative estimate of drug-likeness (QED) is 0.880. The molecule has 2 N–H and O–H groups in total. The molecule has 20 heavy (non-hydrogen) atoms. The Morgan fingerprint density at radius 2 is 1.70 bits per heavy atom. The molecule has 0 aromatic heterocycles. The number of benzene rings is 2. The van der Waals surface area contributed by atoms with E-state index < -0.39 is 0 Å². The normalized spacial score (nSPS) is 10.8. The van der Waals surface area contributed by atoms with Gasteiger partial charge in [-0.25, -0.2) is 0 Å². The van der Waals surface area contributed by atoms with E-state index >= 15 is 0 Å². The number of hydrogen-bond acceptors (Lipinski definition) is 3. The van der Waals surface area contributed by atoms with E-state index in [4.69, 9.17) is 4.74 Å². The van der Waals surface area contributed by atoms with Crippen molar-refractivity contribution in [1.29, 1.82) is 0 Å². The molecular weight excluding hydrogens is 252 g/mol. The molecule has 0 bridgehead atoms. The highest BCUT2D eigenvalue weighted by Crippen LogP contribution is 2.42. The minimum absolute atomic E-state index is 0.0503. The van der Waals surface area contributed by atoms with Gasteiger partial charge in [0, 0.05) is 11.1 Å². The maximum Gasteiger partial charge on any atom is 0.165 e. The van der Waals surface area contributed by atoms with Gasteiger partial charge in [0.25, 0.3) is 0 Å². The highest BCUT2D eigenvalue weighted by molar-refractivity contribution is 5.79. The largest absolute Gasteiger partial charge is 0.507 e. The summed E-state index contributed by atoms with van der Waals surface area (Å²) in [5.74, 6) is 0.962. The molecule has 106 valence electrons. The van der Waals surface area contributed by atoms with Crippen LogP contribution >= 0.6 is 0 Å². The topological polar surface area (TPSA) is 49.7 Å². The molecule has 0 radical (unpaired) electrons. The Hall–Kier alpha value is -2.16. The van der Waals surface area contributed by atoms with E-state index in [1.807, 2.05) is 25.1 Å². The number of methoxy groups -OCH3 is 1. The molecule has 0 fully saturated rings. The van der Waals surface area contributed by atoms with Gasteiger partial charge in [-0.05, 0) is 48.2 Å². The van der Waals surface area contributed by atoms with Crippen LogP contribution in [0.3, 0.4) is 0 Å². The molecule has 0 aliphatic heterocycles. The SMILES string of the molecule is COc1cc(C)cc(-c2cc(C(C)C)ccc2O)c1O. The molecule has 3 heteroatoms. The lowest BCUT2D eigenvalue weighted by atomic mass is 9.95. The van der Waals surface area contributed by atoms with Crippen LogP contribution in [-0.2, 0) is 0 Å². The Labute approximate surface area is 119 Å². The molecule has 0 heterocycles. The van der Waals surface area contributed by atoms with Crippen molar-refractivity contribution in [2.24, 2.45) is 0 Å². The molecule has 0 aliphatic carbocycles. The Morgan fingerprint density at radius 1 is 1.00 bits per heavy atom. The monoisotopic (exact) mass is 272 g/mol. The van der Waals surface area contributed by atoms with E-state index in [0.717, 1.165) is 11.1 Å². The van der Waals surface area contributed by atoms with Gasteiger partial charge >= 0.3 is 0 Å². The van der Waals surface area contributed by atoms with Crippen molar-refractivity contribution < 1.29 is 14.9 Å². The summed E-state index contributed by atoms with van der Waals surface area (Å²) in [4.78, 5) is 0. The molecule has 2 rings (SSSR count). The number of ether oxygens (including phenoxy) is 1. The van der Waals surface area contributed by atoms with Gasteiger partial charge in [-0.1, -0.05) is 19.9 Å². The third-order valence-electron chi connectivity index (χ3n) is 3.42. The second-order valence-electron chi connectivity index (χ2n) is 5.29. The maximum atomic E-state index is 10.3. The molecule has 0 atom stereocenters. The van der Waals surface area contributed by atoms with Crippen LogP contribution in [-0.4, -0.2) is 17.3 Å². The van der Waals surface area contributed by atoms with Gasteiger partial charge < -0.3 is 14.9 Å². The summed E-state index contributed by atoms with van der Waals surface area (Å²) in [5.41, 5.74) is 3.28. The van der Waals surface area contributed by atoms with Gasteiger partial charge in [-0.3, -0.25) is 0 Å². The molecule has 0 aliphatic rings. The van der Waals surface area contributed by atoms with Crippen LogP contribution in [0.25, 0.3) is 11.1 Å². The highest BCUT2D eigenvalue weighted by Gasteiger charge is 2.15. The molecule has 0 saturated heterocycles. The Balaban J connectivity index is 2.67. The summed E-state index contributed by atoms with van der Waals surface area (Å²) in [7, 11) is 1.52. The van der Waals surface area contributed by atoms with Crippen LogP contribution in [0.5, 0.6) is 17.2 Å². The third-order valence-corrected chi connectivity index (χ3v) is 3.42. The first-order chi connectivity index (χ1) is 9.43. The fraction of sp³-hybridized carbons (Fsp3) is 0.294. The van der Waals surface area contributed by atoms with Crippen LogP contribution in [0, 0.1) is 6.92 Å². The lowest BCUT2D eigenvalue weighted by Gasteiger charge is -2.14. The summed E-state index contributed by atoms with van der Waals surface area (Å²) in [6.07, 6.45) is 0. The molecule has 0 saturated carbocycles. The van der Waals surface area contributed by atoms with E-state index in [2.05, 4.69) is 13.8 Å². The summed E-state index contributed by atoms with van der Waals surface area (Å²) in [5, 5.41) is 20.4. The van der Waals surface area contributed by atoms with Gasteiger partial charge in [-0.2, -0.15) is 0 Å². The van der Waals surface area contributed by atoms with Crippen LogP contribution in [0.4, 0.5) is 0 Å². The Bertz CT molecular complexity index is 630. The lowest BCUT2D eigenvalue weighted by molar-refractivity contribution is 0.374. The minimum atomic E-state index is 0.0503. The molecule has 2 aromatic carbocycles. The number of aryl methyl sites for hydroxylation is 1. The van der Waals surface area contributed by atoms with Crippen LogP contribution in [0.15, 0.2) is 30.3 Å². The van der Waals surface area contributed by atoms with Crippen molar-refractivity contribution in [2.45, 2.75) is 26.7 Å². The predicted molar refractivity (Wildman–Crippen MR) is 80.6 cm³/mol. The van der Waals surface area contributed by atoms with Crippen LogP contribution in [0.2, 0.25) is 0 Å². The fourth-order valence-electron chi connectivity index (χ4n) is 2.23. The summed E-state index contributed by atoms with van der Waals surface area (Å²) >= 11 is 0. The molecule has 0 unspecified atom stereocenters. The van der Waals surface area contributed by atoms with Crippen LogP contribution in [0.1, 0.15) is 30.9 Å². The minimum Gasteiger partial charge on any atom is -0.507 e. The smallest absolute Gasteiger partial charge is 0.165 e. The molecule has 2 aromatic rings. The Morgan fingerprint density at radius 3 is 2.30 bits per heavy atom. The van der Waals surface area contributed by atoms with Gasteiger partial charge in [0.05, 0.1) is 7.11 Å². The van der Waals surface area contributed by atoms with Crippen molar-refractivity contribution in [1.82, 2.24) is 0 Å². The van der Waals surface area contributed by atoms with Crippen molar-refractivity contribution in [3.63, 3.8) is 0 Å². The standard InChI is InChI=1S/C17H20O3/c1-10(2)12-5-6-15(18)13(9-12)14-7-11(3)8-16(20-4)17(14)19/h5-10,18-19H,1-4H3. The molecule has 0 spiro atoms. The first kappa shape index (κ1) is 14.3. The Kier molecular flexibility index (Phi) is 3.89. The third kappa shape index (κ3) is 2.57. The van der Waals surface area contributed by atoms with E-state index in [1.54, 1.807) is 12.1 Å². The molecule has 0 amide bonds. The highest BCUT2D eigenvalue weighted by atomic mass is 16.5. The molecular formula is C17H20O3. The number of hydrogen-bond donors (Lipinski definition) is 2. The first-order valence-corrected chi connectivity index (χ1v) is 6.65. The van der Waals surface area contributed by atoms with Gasteiger partial charge in [0.15, 0.2) is 11.5 Å². The van der Waals surface area contributed by atoms with E-state index in [1.165, 1.54) is 7.11 Å². The van der Waals surface area contributed by atoms with Gasteiger partial charge in [0.2, 0.25) is 0 Å². The number of rotatable bonds is 3. The average Bonchev–Trinajstić information content (AvgIpc) is 2.41. The lowest BCUT2D eigenvalue weighted by Crippen LogP contribution is -1.92. The summed E-state index contributed by atoms with van der Waals surface area (Å²) < 4.78 is 5.17. The first-order valence-electron chi connectivity index (χ1n) is 6.65. The summed E-state index contributed by atoms with van der Waals surface area (Å²) in [6.45, 7) is 6.11. The predicted octanol–water partition coefficient (Wildman–Crippen LogP) is 4.21. The van der Waals surface area contributed by atoms with E-state index in [9.17, 15) is 10.2 Å². The zero-order valence-corrected chi connectivity index (χ0v) is 12.3. The zero-order valence-electron chi connectivity index (χ0n) is 12.3. The number of phenolic OH excluding ortho intramolecular Hbond substituents is 2. The van der Waals surface area contributed by atoms with E-state index in [-0.39, 0.29) is 11.5 Å². The number of phenols is 2. The second-order valence-corrected chi connectivity index (χ2v) is 5.29. The van der Waals surface area contributed by atoms with Crippen LogP contribution < -0.4 is 4.74 Å². The maximum absolute atomic E-state index is 10.3. The van der Waals surface area contributed by atoms with Crippen molar-refractivity contribution in [3.8, 4) is 28.4 Å². The molecule has 3 nitrogen and oxygen atoms in total. The van der Waals surface area contributed by atoms with Crippen molar-refractivity contribution in [2.75, 3.05) is 7.11 Å². The summed E-state index contributed by atoms with van der Waals surface area (Å²) in [6, 6.07) is 9.08. The zero-order chi connectivity index (χ0) is 14.9. The van der Waals surface area contributed by atoms with Crippen molar-refractivity contribution >= 4 is 0 Å². The second kappa shape index (κ2) is 5.45. The van der Waals surface area contributed by atoms with Crippen molar-refractivity contribution in [3.05, 3.63) is 41.5 Å². The average molecular weight is 272 g/mol. The van der Waals surface area contributed by atoms with Gasteiger partial charge in [-0.15, -0.1) is 0 Å². The number of aromatic hydroxyl groups is 2. The van der Waals surface area contributed by atoms with E-state index in [0.29, 0.717) is 22.8 Å².